The van der Waals surface area contributed by atoms with Crippen LogP contribution in [0.1, 0.15) is 102 Å². The lowest BCUT2D eigenvalue weighted by atomic mass is 9.75. The van der Waals surface area contributed by atoms with Crippen molar-refractivity contribution >= 4 is 53.5 Å². The quantitative estimate of drug-likeness (QED) is 0.123. The fourth-order valence-electron chi connectivity index (χ4n) is 6.82. The molecule has 1 aromatic heterocycles. The number of nitrogens with one attached hydrogen (secondary N) is 2. The maximum Gasteiger partial charge on any atom is 0.495 e. The molecule has 0 bridgehead atoms. The SMILES string of the molecule is CNC(=O)c1c(-c2ccc(F)cc2)oc2cc(NS(=O)(=O)CCCC(Cc3ccccc3B3OC(C)(C)C(C)(C)O3)O[Si](C)(C)C(C)(C)C)c(C3CC3)cc12. The lowest BCUT2D eigenvalue weighted by molar-refractivity contribution is 0.00578. The van der Waals surface area contributed by atoms with E-state index in [2.05, 4.69) is 50.0 Å². The fourth-order valence-corrected chi connectivity index (χ4v) is 9.36. The molecule has 1 saturated carbocycles. The summed E-state index contributed by atoms with van der Waals surface area (Å²) in [5.74, 6) is -0.396. The largest absolute Gasteiger partial charge is 0.495 e. The van der Waals surface area contributed by atoms with Gasteiger partial charge in [-0.3, -0.25) is 9.52 Å². The number of amides is 1. The number of carbonyl (C=O) groups is 1. The van der Waals surface area contributed by atoms with Crippen LogP contribution in [0.4, 0.5) is 10.1 Å². The molecule has 13 heteroatoms. The number of sulfonamides is 1. The normalized spacial score (nSPS) is 17.8. The number of anilines is 1. The van der Waals surface area contributed by atoms with Gasteiger partial charge in [-0.1, -0.05) is 45.0 Å². The van der Waals surface area contributed by atoms with E-state index in [0.717, 1.165) is 29.4 Å². The summed E-state index contributed by atoms with van der Waals surface area (Å²) in [6, 6.07) is 17.4. The van der Waals surface area contributed by atoms with Crippen LogP contribution in [0.15, 0.2) is 65.1 Å². The molecule has 3 aromatic carbocycles. The summed E-state index contributed by atoms with van der Waals surface area (Å²) in [7, 11) is -5.02. The Kier molecular flexibility index (Phi) is 11.3. The highest BCUT2D eigenvalue weighted by molar-refractivity contribution is 7.92. The highest BCUT2D eigenvalue weighted by Crippen LogP contribution is 2.47. The molecule has 1 saturated heterocycles. The Morgan fingerprint density at radius 1 is 1.02 bits per heavy atom. The van der Waals surface area contributed by atoms with E-state index in [4.69, 9.17) is 18.2 Å². The first kappa shape index (κ1) is 41.2. The van der Waals surface area contributed by atoms with Gasteiger partial charge in [0.15, 0.2) is 8.32 Å². The van der Waals surface area contributed by atoms with Crippen LogP contribution in [-0.2, 0) is 30.2 Å². The van der Waals surface area contributed by atoms with Gasteiger partial charge in [-0.15, -0.1) is 0 Å². The Morgan fingerprint density at radius 2 is 1.65 bits per heavy atom. The molecule has 0 spiro atoms. The number of halogens is 1. The number of hydrogen-bond acceptors (Lipinski definition) is 7. The van der Waals surface area contributed by atoms with Crippen molar-refractivity contribution in [3.63, 3.8) is 0 Å². The zero-order valence-corrected chi connectivity index (χ0v) is 35.7. The Labute approximate surface area is 327 Å². The summed E-state index contributed by atoms with van der Waals surface area (Å²) < 4.78 is 70.4. The van der Waals surface area contributed by atoms with Crippen molar-refractivity contribution in [2.75, 3.05) is 17.5 Å². The van der Waals surface area contributed by atoms with Crippen molar-refractivity contribution in [3.05, 3.63) is 83.2 Å². The number of rotatable bonds is 14. The molecule has 6 rings (SSSR count). The van der Waals surface area contributed by atoms with E-state index in [9.17, 15) is 17.6 Å². The van der Waals surface area contributed by atoms with Crippen molar-refractivity contribution in [1.29, 1.82) is 0 Å². The number of fused-ring (bicyclic) bond motifs is 1. The van der Waals surface area contributed by atoms with Gasteiger partial charge in [-0.2, -0.15) is 0 Å². The average molecular weight is 791 g/mol. The van der Waals surface area contributed by atoms with Gasteiger partial charge >= 0.3 is 7.12 Å². The lowest BCUT2D eigenvalue weighted by Crippen LogP contribution is -2.45. The highest BCUT2D eigenvalue weighted by atomic mass is 32.2. The summed E-state index contributed by atoms with van der Waals surface area (Å²) in [5, 5.41) is 3.23. The van der Waals surface area contributed by atoms with E-state index < -0.39 is 42.5 Å². The van der Waals surface area contributed by atoms with E-state index in [0.29, 0.717) is 52.8 Å². The van der Waals surface area contributed by atoms with Crippen LogP contribution in [0.3, 0.4) is 0 Å². The van der Waals surface area contributed by atoms with Crippen LogP contribution in [-0.4, -0.2) is 59.9 Å². The van der Waals surface area contributed by atoms with Crippen molar-refractivity contribution in [3.8, 4) is 11.3 Å². The van der Waals surface area contributed by atoms with E-state index >= 15 is 0 Å². The molecule has 1 atom stereocenters. The van der Waals surface area contributed by atoms with Gasteiger partial charge in [0.25, 0.3) is 5.91 Å². The summed E-state index contributed by atoms with van der Waals surface area (Å²) >= 11 is 0. The molecule has 2 aliphatic rings. The number of benzene rings is 3. The first-order valence-corrected chi connectivity index (χ1v) is 23.9. The zero-order valence-electron chi connectivity index (χ0n) is 33.9. The van der Waals surface area contributed by atoms with Crippen LogP contribution in [0, 0.1) is 5.82 Å². The topological polar surface area (TPSA) is 116 Å². The molecule has 1 aliphatic carbocycles. The predicted octanol–water partition coefficient (Wildman–Crippen LogP) is 8.93. The minimum Gasteiger partial charge on any atom is -0.455 e. The Morgan fingerprint density at radius 3 is 2.25 bits per heavy atom. The van der Waals surface area contributed by atoms with Gasteiger partial charge in [0.2, 0.25) is 10.0 Å². The molecule has 1 amide bonds. The summed E-state index contributed by atoms with van der Waals surface area (Å²) in [6.45, 7) is 19.2. The van der Waals surface area contributed by atoms with Crippen LogP contribution in [0.5, 0.6) is 0 Å². The van der Waals surface area contributed by atoms with Crippen LogP contribution in [0.25, 0.3) is 22.3 Å². The van der Waals surface area contributed by atoms with Crippen molar-refractivity contribution in [2.24, 2.45) is 0 Å². The molecule has 2 fully saturated rings. The summed E-state index contributed by atoms with van der Waals surface area (Å²) in [5.41, 5.74) is 3.55. The number of hydrogen-bond donors (Lipinski definition) is 2. The van der Waals surface area contributed by atoms with Gasteiger partial charge < -0.3 is 23.5 Å². The van der Waals surface area contributed by atoms with Crippen molar-refractivity contribution < 1.29 is 35.8 Å². The lowest BCUT2D eigenvalue weighted by Gasteiger charge is -2.39. The average Bonchev–Trinajstić information content (AvgIpc) is 3.82. The monoisotopic (exact) mass is 790 g/mol. The minimum atomic E-state index is -3.80. The molecule has 1 aliphatic heterocycles. The Bertz CT molecular complexity index is 2140. The van der Waals surface area contributed by atoms with Crippen LogP contribution in [0.2, 0.25) is 18.1 Å². The van der Waals surface area contributed by atoms with E-state index in [1.807, 2.05) is 52.0 Å². The molecule has 0 radical (unpaired) electrons. The number of carbonyl (C=O) groups excluding carboxylic acids is 1. The molecule has 1 unspecified atom stereocenters. The Balaban J connectivity index is 1.24. The minimum absolute atomic E-state index is 0.0396. The molecule has 55 heavy (non-hydrogen) atoms. The summed E-state index contributed by atoms with van der Waals surface area (Å²) in [4.78, 5) is 13.2. The zero-order chi connectivity index (χ0) is 40.1. The van der Waals surface area contributed by atoms with E-state index in [-0.39, 0.29) is 28.7 Å². The molecule has 2 N–H and O–H groups in total. The second-order valence-corrected chi connectivity index (χ2v) is 24.3. The van der Waals surface area contributed by atoms with Gasteiger partial charge in [-0.05, 0) is 131 Å². The van der Waals surface area contributed by atoms with Crippen LogP contribution < -0.4 is 15.5 Å². The molecular formula is C42H56BFN2O7SSi. The molecule has 296 valence electrons. The third kappa shape index (κ3) is 8.91. The first-order chi connectivity index (χ1) is 25.6. The van der Waals surface area contributed by atoms with Gasteiger partial charge in [0.1, 0.15) is 17.2 Å². The van der Waals surface area contributed by atoms with E-state index in [1.165, 1.54) is 12.1 Å². The second kappa shape index (κ2) is 15.1. The first-order valence-electron chi connectivity index (χ1n) is 19.3. The third-order valence-corrected chi connectivity index (χ3v) is 17.8. The third-order valence-electron chi connectivity index (χ3n) is 11.9. The molecule has 2 heterocycles. The smallest absolute Gasteiger partial charge is 0.455 e. The fraction of sp³-hybridized carbons (Fsp3) is 0.500. The molecule has 9 nitrogen and oxygen atoms in total. The number of furan rings is 1. The summed E-state index contributed by atoms with van der Waals surface area (Å²) in [6.07, 6.45) is 3.11. The predicted molar refractivity (Wildman–Crippen MR) is 222 cm³/mol. The van der Waals surface area contributed by atoms with E-state index in [1.54, 1.807) is 25.2 Å². The van der Waals surface area contributed by atoms with Crippen molar-refractivity contribution in [1.82, 2.24) is 5.32 Å². The van der Waals surface area contributed by atoms with Gasteiger partial charge in [0.05, 0.1) is 28.2 Å². The van der Waals surface area contributed by atoms with Crippen LogP contribution >= 0.6 is 0 Å². The van der Waals surface area contributed by atoms with Gasteiger partial charge in [-0.25, -0.2) is 12.8 Å². The maximum atomic E-state index is 13.8. The molecule has 4 aromatic rings. The van der Waals surface area contributed by atoms with Crippen molar-refractivity contribution in [2.45, 2.75) is 122 Å². The Hall–Kier alpha value is -3.49. The van der Waals surface area contributed by atoms with Gasteiger partial charge in [0, 0.05) is 30.2 Å². The highest BCUT2D eigenvalue weighted by Gasteiger charge is 2.52. The molecular weight excluding hydrogens is 734 g/mol. The second-order valence-electron chi connectivity index (χ2n) is 17.7. The maximum absolute atomic E-state index is 13.8. The standard InChI is InChI=1S/C42H56BFN2O7SSi/c1-40(2,3)55(9,10)51-31(24-29-14-11-12-16-34(29)43-52-41(4,5)42(6,7)53-43)15-13-23-54(48,49)46-35-26-36-33(25-32(35)27-17-18-27)37(39(47)45-8)38(50-36)28-19-21-30(44)22-20-28/h11-12,14,16,19-22,25-27,31,46H,13,15,17-18,23-24H2,1-10H3,(H,45,47).